The van der Waals surface area contributed by atoms with Gasteiger partial charge in [0.1, 0.15) is 5.75 Å². The molecule has 3 N–H and O–H groups in total. The first-order valence-electron chi connectivity index (χ1n) is 4.30. The van der Waals surface area contributed by atoms with Gasteiger partial charge in [-0.1, -0.05) is 0 Å². The zero-order chi connectivity index (χ0) is 10.7. The summed E-state index contributed by atoms with van der Waals surface area (Å²) in [6.07, 6.45) is 0. The van der Waals surface area contributed by atoms with Crippen molar-refractivity contribution in [2.45, 2.75) is 13.0 Å². The average molecular weight is 260 g/mol. The van der Waals surface area contributed by atoms with Gasteiger partial charge < -0.3 is 15.6 Å². The number of methoxy groups -OCH3 is 1. The maximum absolute atomic E-state index is 8.97. The van der Waals surface area contributed by atoms with Gasteiger partial charge >= 0.3 is 0 Å². The number of aryl methyl sites for hydroxylation is 1. The van der Waals surface area contributed by atoms with Gasteiger partial charge in [0.25, 0.3) is 0 Å². The van der Waals surface area contributed by atoms with Crippen molar-refractivity contribution in [2.75, 3.05) is 13.7 Å². The molecule has 0 aliphatic rings. The molecule has 4 heteroatoms. The van der Waals surface area contributed by atoms with Crippen molar-refractivity contribution in [3.8, 4) is 5.75 Å². The molecule has 14 heavy (non-hydrogen) atoms. The van der Waals surface area contributed by atoms with Crippen LogP contribution in [0, 0.1) is 6.92 Å². The number of hydrogen-bond donors (Lipinski definition) is 2. The summed E-state index contributed by atoms with van der Waals surface area (Å²) >= 11 is 3.38. The number of aliphatic hydroxyl groups is 1. The number of rotatable bonds is 3. The molecule has 0 saturated carbocycles. The van der Waals surface area contributed by atoms with Crippen LogP contribution in [0.25, 0.3) is 0 Å². The Kier molecular flexibility index (Phi) is 3.92. The summed E-state index contributed by atoms with van der Waals surface area (Å²) in [6.45, 7) is 1.89. The molecule has 0 fully saturated rings. The van der Waals surface area contributed by atoms with Crippen molar-refractivity contribution in [1.82, 2.24) is 0 Å². The molecule has 0 aliphatic carbocycles. The minimum Gasteiger partial charge on any atom is -0.496 e. The molecule has 1 atom stereocenters. The highest BCUT2D eigenvalue weighted by Gasteiger charge is 2.11. The lowest BCUT2D eigenvalue weighted by Crippen LogP contribution is -2.15. The minimum atomic E-state index is -0.350. The van der Waals surface area contributed by atoms with Gasteiger partial charge in [0.05, 0.1) is 24.2 Å². The van der Waals surface area contributed by atoms with Gasteiger partial charge in [0, 0.05) is 0 Å². The number of ether oxygens (including phenoxy) is 1. The second-order valence-corrected chi connectivity index (χ2v) is 3.99. The molecule has 0 bridgehead atoms. The molecule has 1 aromatic carbocycles. The molecule has 0 radical (unpaired) electrons. The SMILES string of the molecule is COc1cc(C(N)CO)c(C)cc1Br. The highest BCUT2D eigenvalue weighted by Crippen LogP contribution is 2.30. The molecule has 3 nitrogen and oxygen atoms in total. The molecule has 1 unspecified atom stereocenters. The van der Waals surface area contributed by atoms with Crippen molar-refractivity contribution in [3.05, 3.63) is 27.7 Å². The minimum absolute atomic E-state index is 0.0639. The van der Waals surface area contributed by atoms with Crippen LogP contribution >= 0.6 is 15.9 Å². The molecule has 0 aromatic heterocycles. The lowest BCUT2D eigenvalue weighted by Gasteiger charge is -2.14. The van der Waals surface area contributed by atoms with E-state index in [1.54, 1.807) is 7.11 Å². The number of aliphatic hydroxyl groups excluding tert-OH is 1. The van der Waals surface area contributed by atoms with Crippen molar-refractivity contribution < 1.29 is 9.84 Å². The first-order chi connectivity index (χ1) is 6.60. The van der Waals surface area contributed by atoms with E-state index in [9.17, 15) is 0 Å². The van der Waals surface area contributed by atoms with E-state index in [4.69, 9.17) is 15.6 Å². The molecule has 0 heterocycles. The average Bonchev–Trinajstić information content (AvgIpc) is 2.17. The highest BCUT2D eigenvalue weighted by molar-refractivity contribution is 9.10. The van der Waals surface area contributed by atoms with Crippen molar-refractivity contribution in [1.29, 1.82) is 0 Å². The van der Waals surface area contributed by atoms with E-state index in [1.807, 2.05) is 19.1 Å². The summed E-state index contributed by atoms with van der Waals surface area (Å²) in [6, 6.07) is 3.43. The first kappa shape index (κ1) is 11.5. The van der Waals surface area contributed by atoms with Gasteiger partial charge in [-0.2, -0.15) is 0 Å². The van der Waals surface area contributed by atoms with Crippen molar-refractivity contribution in [3.63, 3.8) is 0 Å². The molecule has 1 rings (SSSR count). The van der Waals surface area contributed by atoms with E-state index in [0.29, 0.717) is 0 Å². The van der Waals surface area contributed by atoms with Crippen LogP contribution in [0.1, 0.15) is 17.2 Å². The third kappa shape index (κ3) is 2.26. The normalized spacial score (nSPS) is 12.6. The fourth-order valence-corrected chi connectivity index (χ4v) is 1.94. The van der Waals surface area contributed by atoms with E-state index in [1.165, 1.54) is 0 Å². The predicted octanol–water partition coefficient (Wildman–Crippen LogP) is 1.76. The van der Waals surface area contributed by atoms with Crippen LogP contribution in [0.2, 0.25) is 0 Å². The van der Waals surface area contributed by atoms with Gasteiger partial charge in [0.2, 0.25) is 0 Å². The van der Waals surface area contributed by atoms with Gasteiger partial charge in [-0.15, -0.1) is 0 Å². The maximum atomic E-state index is 8.97. The Balaban J connectivity index is 3.17. The second-order valence-electron chi connectivity index (χ2n) is 3.13. The van der Waals surface area contributed by atoms with Gasteiger partial charge in [-0.3, -0.25) is 0 Å². The Morgan fingerprint density at radius 3 is 2.71 bits per heavy atom. The molecule has 78 valence electrons. The quantitative estimate of drug-likeness (QED) is 0.870. The van der Waals surface area contributed by atoms with Crippen LogP contribution in [0.5, 0.6) is 5.75 Å². The Hall–Kier alpha value is -0.580. The van der Waals surface area contributed by atoms with E-state index >= 15 is 0 Å². The molecular formula is C10H14BrNO2. The third-order valence-corrected chi connectivity index (χ3v) is 2.76. The maximum Gasteiger partial charge on any atom is 0.133 e. The molecular weight excluding hydrogens is 246 g/mol. The van der Waals surface area contributed by atoms with Crippen molar-refractivity contribution >= 4 is 15.9 Å². The van der Waals surface area contributed by atoms with Crippen LogP contribution in [-0.2, 0) is 0 Å². The summed E-state index contributed by atoms with van der Waals surface area (Å²) in [5, 5.41) is 8.97. The summed E-state index contributed by atoms with van der Waals surface area (Å²) in [7, 11) is 1.60. The summed E-state index contributed by atoms with van der Waals surface area (Å²) in [4.78, 5) is 0. The fraction of sp³-hybridized carbons (Fsp3) is 0.400. The van der Waals surface area contributed by atoms with Crippen LogP contribution in [0.15, 0.2) is 16.6 Å². The molecule has 0 spiro atoms. The van der Waals surface area contributed by atoms with Crippen LogP contribution in [0.3, 0.4) is 0 Å². The van der Waals surface area contributed by atoms with Crippen LogP contribution in [-0.4, -0.2) is 18.8 Å². The van der Waals surface area contributed by atoms with Crippen LogP contribution in [0.4, 0.5) is 0 Å². The number of hydrogen-bond acceptors (Lipinski definition) is 3. The summed E-state index contributed by atoms with van der Waals surface area (Å²) < 4.78 is 6.05. The largest absolute Gasteiger partial charge is 0.496 e. The van der Waals surface area contributed by atoms with Crippen molar-refractivity contribution in [2.24, 2.45) is 5.73 Å². The van der Waals surface area contributed by atoms with E-state index in [0.717, 1.165) is 21.3 Å². The van der Waals surface area contributed by atoms with Gasteiger partial charge in [-0.05, 0) is 46.1 Å². The van der Waals surface area contributed by atoms with Crippen LogP contribution < -0.4 is 10.5 Å². The molecule has 0 aliphatic heterocycles. The third-order valence-electron chi connectivity index (χ3n) is 2.14. The Labute approximate surface area is 92.0 Å². The number of halogens is 1. The summed E-state index contributed by atoms with van der Waals surface area (Å²) in [5.41, 5.74) is 7.70. The smallest absolute Gasteiger partial charge is 0.133 e. The molecule has 0 saturated heterocycles. The van der Waals surface area contributed by atoms with E-state index < -0.39 is 0 Å². The van der Waals surface area contributed by atoms with Gasteiger partial charge in [-0.25, -0.2) is 0 Å². The standard InChI is InChI=1S/C10H14BrNO2/c1-6-3-8(11)10(14-2)4-7(6)9(12)5-13/h3-4,9,13H,5,12H2,1-2H3. The summed E-state index contributed by atoms with van der Waals surface area (Å²) in [5.74, 6) is 0.731. The number of benzene rings is 1. The monoisotopic (exact) mass is 259 g/mol. The van der Waals surface area contributed by atoms with E-state index in [2.05, 4.69) is 15.9 Å². The number of nitrogens with two attached hydrogens (primary N) is 1. The zero-order valence-electron chi connectivity index (χ0n) is 8.25. The van der Waals surface area contributed by atoms with Gasteiger partial charge in [0.15, 0.2) is 0 Å². The lowest BCUT2D eigenvalue weighted by molar-refractivity contribution is 0.267. The first-order valence-corrected chi connectivity index (χ1v) is 5.10. The second kappa shape index (κ2) is 4.77. The Morgan fingerprint density at radius 1 is 1.57 bits per heavy atom. The molecule has 0 amide bonds. The predicted molar refractivity (Wildman–Crippen MR) is 59.4 cm³/mol. The fourth-order valence-electron chi connectivity index (χ4n) is 1.32. The Morgan fingerprint density at radius 2 is 2.21 bits per heavy atom. The Bertz CT molecular complexity index is 328. The topological polar surface area (TPSA) is 55.5 Å². The lowest BCUT2D eigenvalue weighted by atomic mass is 10.0. The highest BCUT2D eigenvalue weighted by atomic mass is 79.9. The molecule has 1 aromatic rings. The van der Waals surface area contributed by atoms with E-state index in [-0.39, 0.29) is 12.6 Å². The zero-order valence-corrected chi connectivity index (χ0v) is 9.84.